The third-order valence-electron chi connectivity index (χ3n) is 2.97. The van der Waals surface area contributed by atoms with E-state index in [1.54, 1.807) is 0 Å². The molecule has 0 radical (unpaired) electrons. The van der Waals surface area contributed by atoms with Crippen molar-refractivity contribution >= 4 is 38.8 Å². The number of hydrogen-bond acceptors (Lipinski definition) is 2. The van der Waals surface area contributed by atoms with Crippen LogP contribution in [0.3, 0.4) is 0 Å². The Kier molecular flexibility index (Phi) is 3.67. The normalized spacial score (nSPS) is 16.1. The Morgan fingerprint density at radius 2 is 1.89 bits per heavy atom. The molecule has 18 heavy (non-hydrogen) atoms. The third kappa shape index (κ3) is 2.45. The number of hydrogen-bond donors (Lipinski definition) is 0. The van der Waals surface area contributed by atoms with E-state index in [4.69, 9.17) is 0 Å². The second-order valence-electron chi connectivity index (χ2n) is 4.18. The molecule has 0 spiro atoms. The van der Waals surface area contributed by atoms with E-state index in [2.05, 4.69) is 59.4 Å². The molecule has 0 atom stereocenters. The van der Waals surface area contributed by atoms with Crippen LogP contribution in [0.2, 0.25) is 0 Å². The molecule has 1 aliphatic heterocycles. The maximum atomic E-state index is 2.31. The molecule has 0 saturated heterocycles. The smallest absolute Gasteiger partial charge is 0.0349 e. The molecular formula is C16H14S2. The first-order valence-corrected chi connectivity index (χ1v) is 7.97. The highest BCUT2D eigenvalue weighted by Crippen LogP contribution is 2.34. The van der Waals surface area contributed by atoms with Gasteiger partial charge in [0.15, 0.2) is 0 Å². The van der Waals surface area contributed by atoms with E-state index >= 15 is 0 Å². The topological polar surface area (TPSA) is 0 Å². The Hall–Kier alpha value is -1.25. The minimum atomic E-state index is 1.01. The highest BCUT2D eigenvalue weighted by Gasteiger charge is 2.07. The summed E-state index contributed by atoms with van der Waals surface area (Å²) in [7, 11) is 0. The largest absolute Gasteiger partial charge is 0.143 e. The first-order valence-electron chi connectivity index (χ1n) is 6.04. The Morgan fingerprint density at radius 3 is 2.89 bits per heavy atom. The summed E-state index contributed by atoms with van der Waals surface area (Å²) >= 11 is 3.71. The lowest BCUT2D eigenvalue weighted by Gasteiger charge is -2.03. The summed E-state index contributed by atoms with van der Waals surface area (Å²) in [6.45, 7) is 0. The van der Waals surface area contributed by atoms with Crippen molar-refractivity contribution in [2.75, 3.05) is 5.75 Å². The van der Waals surface area contributed by atoms with Gasteiger partial charge in [0.05, 0.1) is 0 Å². The summed E-state index contributed by atoms with van der Waals surface area (Å²) in [5.41, 5.74) is 2.83. The number of thiophene rings is 1. The number of thioether (sulfide) groups is 1. The van der Waals surface area contributed by atoms with Crippen LogP contribution in [-0.4, -0.2) is 5.75 Å². The molecule has 2 heteroatoms. The predicted molar refractivity (Wildman–Crippen MR) is 85.2 cm³/mol. The molecule has 2 aromatic rings. The van der Waals surface area contributed by atoms with Crippen LogP contribution < -0.4 is 0 Å². The van der Waals surface area contributed by atoms with E-state index in [-0.39, 0.29) is 0 Å². The van der Waals surface area contributed by atoms with Gasteiger partial charge < -0.3 is 0 Å². The first-order chi connectivity index (χ1) is 8.95. The quantitative estimate of drug-likeness (QED) is 0.660. The van der Waals surface area contributed by atoms with Gasteiger partial charge in [-0.3, -0.25) is 0 Å². The molecule has 1 aromatic carbocycles. The lowest BCUT2D eigenvalue weighted by atomic mass is 10.0. The summed E-state index contributed by atoms with van der Waals surface area (Å²) in [5.74, 6) is 1.05. The Bertz CT molecular complexity index is 629. The number of allylic oxidation sites excluding steroid dienone is 4. The summed E-state index contributed by atoms with van der Waals surface area (Å²) in [4.78, 5) is 0. The standard InChI is InChI=1S/C16H14S2/c1-2-6-10-17-11-13(7-3-1)15-12-18-16-9-5-4-8-14(15)16/h1-6,8-9,11-12H,7,10H2. The summed E-state index contributed by atoms with van der Waals surface area (Å²) < 4.78 is 1.38. The van der Waals surface area contributed by atoms with E-state index in [1.807, 2.05) is 23.1 Å². The van der Waals surface area contributed by atoms with Crippen LogP contribution in [-0.2, 0) is 0 Å². The molecule has 0 nitrogen and oxygen atoms in total. The van der Waals surface area contributed by atoms with Crippen LogP contribution in [0.4, 0.5) is 0 Å². The summed E-state index contributed by atoms with van der Waals surface area (Å²) in [6.07, 6.45) is 9.73. The fourth-order valence-corrected chi connectivity index (χ4v) is 3.79. The predicted octanol–water partition coefficient (Wildman–Crippen LogP) is 5.49. The molecule has 90 valence electrons. The average Bonchev–Trinajstić information content (AvgIpc) is 2.87. The number of rotatable bonds is 1. The van der Waals surface area contributed by atoms with Gasteiger partial charge in [0, 0.05) is 10.5 Å². The van der Waals surface area contributed by atoms with E-state index in [0.29, 0.717) is 0 Å². The molecule has 1 aromatic heterocycles. The number of benzene rings is 1. The van der Waals surface area contributed by atoms with Gasteiger partial charge in [0.25, 0.3) is 0 Å². The zero-order chi connectivity index (χ0) is 12.2. The molecule has 2 heterocycles. The van der Waals surface area contributed by atoms with Crippen molar-refractivity contribution in [1.29, 1.82) is 0 Å². The Labute approximate surface area is 116 Å². The molecule has 0 bridgehead atoms. The molecule has 3 rings (SSSR count). The van der Waals surface area contributed by atoms with Crippen molar-refractivity contribution in [3.8, 4) is 0 Å². The van der Waals surface area contributed by atoms with Gasteiger partial charge in [0.2, 0.25) is 0 Å². The van der Waals surface area contributed by atoms with Crippen molar-refractivity contribution in [2.45, 2.75) is 6.42 Å². The lowest BCUT2D eigenvalue weighted by molar-refractivity contribution is 1.42. The van der Waals surface area contributed by atoms with Crippen molar-refractivity contribution in [2.24, 2.45) is 0 Å². The fourth-order valence-electron chi connectivity index (χ4n) is 2.06. The molecule has 1 aliphatic rings. The van der Waals surface area contributed by atoms with Gasteiger partial charge >= 0.3 is 0 Å². The molecule has 0 N–H and O–H groups in total. The Morgan fingerprint density at radius 1 is 1.00 bits per heavy atom. The SMILES string of the molecule is C1=CCSC=C(c2csc3ccccc23)CC=C1. The highest BCUT2D eigenvalue weighted by molar-refractivity contribution is 8.02. The van der Waals surface area contributed by atoms with Crippen molar-refractivity contribution in [3.63, 3.8) is 0 Å². The van der Waals surface area contributed by atoms with E-state index < -0.39 is 0 Å². The maximum Gasteiger partial charge on any atom is 0.0349 e. The average molecular weight is 270 g/mol. The number of fused-ring (bicyclic) bond motifs is 1. The van der Waals surface area contributed by atoms with Crippen molar-refractivity contribution < 1.29 is 0 Å². The minimum Gasteiger partial charge on any atom is -0.143 e. The molecule has 0 aliphatic carbocycles. The molecule has 0 amide bonds. The van der Waals surface area contributed by atoms with Crippen LogP contribution in [0.1, 0.15) is 12.0 Å². The third-order valence-corrected chi connectivity index (χ3v) is 4.77. The van der Waals surface area contributed by atoms with Crippen LogP contribution in [0.5, 0.6) is 0 Å². The van der Waals surface area contributed by atoms with Gasteiger partial charge in [-0.2, -0.15) is 0 Å². The van der Waals surface area contributed by atoms with E-state index in [9.17, 15) is 0 Å². The molecule has 0 fully saturated rings. The van der Waals surface area contributed by atoms with Crippen LogP contribution in [0.15, 0.2) is 59.4 Å². The maximum absolute atomic E-state index is 2.31. The molecule has 0 saturated carbocycles. The highest BCUT2D eigenvalue weighted by atomic mass is 32.2. The molecular weight excluding hydrogens is 256 g/mol. The van der Waals surface area contributed by atoms with Crippen LogP contribution >= 0.6 is 23.1 Å². The van der Waals surface area contributed by atoms with Crippen molar-refractivity contribution in [1.82, 2.24) is 0 Å². The second kappa shape index (κ2) is 5.59. The zero-order valence-electron chi connectivity index (χ0n) is 10.0. The van der Waals surface area contributed by atoms with Crippen molar-refractivity contribution in [3.05, 3.63) is 64.9 Å². The van der Waals surface area contributed by atoms with Crippen LogP contribution in [0, 0.1) is 0 Å². The van der Waals surface area contributed by atoms with Gasteiger partial charge in [-0.05, 0) is 39.8 Å². The van der Waals surface area contributed by atoms with Gasteiger partial charge in [-0.1, -0.05) is 42.5 Å². The first kappa shape index (κ1) is 11.8. The molecule has 0 unspecified atom stereocenters. The summed E-state index contributed by atoms with van der Waals surface area (Å²) in [5, 5.41) is 5.99. The fraction of sp³-hybridized carbons (Fsp3) is 0.125. The minimum absolute atomic E-state index is 1.01. The van der Waals surface area contributed by atoms with E-state index in [0.717, 1.165) is 12.2 Å². The summed E-state index contributed by atoms with van der Waals surface area (Å²) in [6, 6.07) is 8.66. The van der Waals surface area contributed by atoms with Crippen LogP contribution in [0.25, 0.3) is 15.7 Å². The lowest BCUT2D eigenvalue weighted by Crippen LogP contribution is -1.80. The second-order valence-corrected chi connectivity index (χ2v) is 6.00. The van der Waals surface area contributed by atoms with E-state index in [1.165, 1.54) is 21.2 Å². The van der Waals surface area contributed by atoms with Gasteiger partial charge in [-0.15, -0.1) is 23.1 Å². The van der Waals surface area contributed by atoms with Gasteiger partial charge in [-0.25, -0.2) is 0 Å². The van der Waals surface area contributed by atoms with Gasteiger partial charge in [0.1, 0.15) is 0 Å². The zero-order valence-corrected chi connectivity index (χ0v) is 11.6. The Balaban J connectivity index is 2.02. The monoisotopic (exact) mass is 270 g/mol.